The van der Waals surface area contributed by atoms with E-state index in [2.05, 4.69) is 29.3 Å². The van der Waals surface area contributed by atoms with Crippen molar-refractivity contribution >= 4 is 17.7 Å². The van der Waals surface area contributed by atoms with Crippen LogP contribution < -0.4 is 19.7 Å². The quantitative estimate of drug-likeness (QED) is 0.815. The lowest BCUT2D eigenvalue weighted by Gasteiger charge is -2.27. The summed E-state index contributed by atoms with van der Waals surface area (Å²) in [7, 11) is 2.03. The van der Waals surface area contributed by atoms with E-state index in [4.69, 9.17) is 9.47 Å². The molecule has 0 saturated carbocycles. The average molecular weight is 366 g/mol. The number of likely N-dealkylation sites (N-methyl/N-ethyl adjacent to an activating group) is 1. The van der Waals surface area contributed by atoms with Crippen LogP contribution >= 0.6 is 0 Å². The Morgan fingerprint density at radius 3 is 2.74 bits per heavy atom. The van der Waals surface area contributed by atoms with Crippen LogP contribution in [0, 0.1) is 0 Å². The lowest BCUT2D eigenvalue weighted by atomic mass is 10.1. The van der Waals surface area contributed by atoms with E-state index >= 15 is 0 Å². The average Bonchev–Trinajstić information content (AvgIpc) is 2.72. The highest BCUT2D eigenvalue weighted by molar-refractivity contribution is 5.99. The van der Waals surface area contributed by atoms with E-state index in [-0.39, 0.29) is 18.6 Å². The van der Waals surface area contributed by atoms with Gasteiger partial charge in [-0.25, -0.2) is 0 Å². The van der Waals surface area contributed by atoms with Gasteiger partial charge in [0.25, 0.3) is 5.91 Å². The maximum absolute atomic E-state index is 12.6. The summed E-state index contributed by atoms with van der Waals surface area (Å²) in [6, 6.07) is 16.0. The molecule has 0 radical (unpaired) electrons. The summed E-state index contributed by atoms with van der Waals surface area (Å²) in [5, 5.41) is 3.01. The number of carbonyl (C=O) groups excluding carboxylic acids is 1. The molecule has 2 aromatic rings. The highest BCUT2D eigenvalue weighted by Crippen LogP contribution is 2.35. The molecule has 1 aliphatic rings. The van der Waals surface area contributed by atoms with Gasteiger partial charge in [-0.1, -0.05) is 30.3 Å². The second-order valence-corrected chi connectivity index (χ2v) is 6.57. The fourth-order valence-electron chi connectivity index (χ4n) is 2.99. The van der Waals surface area contributed by atoms with Crippen LogP contribution in [0.5, 0.6) is 11.5 Å². The summed E-state index contributed by atoms with van der Waals surface area (Å²) < 4.78 is 11.4. The molecule has 0 spiro atoms. The number of hydrogen-bond donors (Lipinski definition) is 1. The molecule has 27 heavy (non-hydrogen) atoms. The maximum atomic E-state index is 12.6. The number of nitrogens with zero attached hydrogens (tertiary/aromatic N) is 1. The number of benzene rings is 2. The second-order valence-electron chi connectivity index (χ2n) is 6.57. The number of fused-ring (bicyclic) bond motifs is 1. The van der Waals surface area contributed by atoms with Crippen molar-refractivity contribution in [2.45, 2.75) is 19.9 Å². The predicted octanol–water partition coefficient (Wildman–Crippen LogP) is 3.50. The van der Waals surface area contributed by atoms with Crippen molar-refractivity contribution in [3.63, 3.8) is 0 Å². The molecule has 0 saturated heterocycles. The Hall–Kier alpha value is -2.95. The first-order valence-corrected chi connectivity index (χ1v) is 9.25. The van der Waals surface area contributed by atoms with Gasteiger partial charge in [0, 0.05) is 30.9 Å². The van der Waals surface area contributed by atoms with Crippen molar-refractivity contribution < 1.29 is 14.3 Å². The van der Waals surface area contributed by atoms with Crippen molar-refractivity contribution in [3.8, 4) is 11.5 Å². The molecule has 1 aliphatic heterocycles. The summed E-state index contributed by atoms with van der Waals surface area (Å²) in [6.45, 7) is 5.39. The summed E-state index contributed by atoms with van der Waals surface area (Å²) in [5.74, 6) is 1.31. The third kappa shape index (κ3) is 4.42. The predicted molar refractivity (Wildman–Crippen MR) is 108 cm³/mol. The zero-order chi connectivity index (χ0) is 19.2. The number of para-hydroxylation sites is 2. The zero-order valence-corrected chi connectivity index (χ0v) is 16.1. The molecule has 5 heteroatoms. The van der Waals surface area contributed by atoms with Crippen LogP contribution in [0.2, 0.25) is 0 Å². The molecule has 1 N–H and O–H groups in total. The van der Waals surface area contributed by atoms with Gasteiger partial charge in [0.15, 0.2) is 11.5 Å². The van der Waals surface area contributed by atoms with Gasteiger partial charge >= 0.3 is 0 Å². The van der Waals surface area contributed by atoms with Gasteiger partial charge in [-0.05, 0) is 38.1 Å². The Balaban J connectivity index is 1.62. The number of hydrogen-bond acceptors (Lipinski definition) is 4. The number of anilines is 1. The van der Waals surface area contributed by atoms with Crippen molar-refractivity contribution in [2.24, 2.45) is 0 Å². The molecule has 3 rings (SSSR count). The van der Waals surface area contributed by atoms with Crippen LogP contribution in [0.3, 0.4) is 0 Å². The first-order valence-electron chi connectivity index (χ1n) is 9.25. The molecule has 0 aromatic heterocycles. The molecular weight excluding hydrogens is 340 g/mol. The van der Waals surface area contributed by atoms with Gasteiger partial charge < -0.3 is 19.7 Å². The lowest BCUT2D eigenvalue weighted by Crippen LogP contribution is -2.41. The van der Waals surface area contributed by atoms with Gasteiger partial charge in [0.05, 0.1) is 12.2 Å². The summed E-state index contributed by atoms with van der Waals surface area (Å²) in [4.78, 5) is 14.7. The standard InChI is InChI=1S/C22H26N2O3/c1-4-26-20-12-8-9-17-13-18(15-27-21(17)20)22(25)23-14-16(2)24(3)19-10-6-5-7-11-19/h5-13,16H,4,14-15H2,1-3H3,(H,23,25). The van der Waals surface area contributed by atoms with Crippen molar-refractivity contribution in [1.29, 1.82) is 0 Å². The van der Waals surface area contributed by atoms with Gasteiger partial charge in [0.2, 0.25) is 0 Å². The molecule has 1 amide bonds. The Morgan fingerprint density at radius 1 is 1.22 bits per heavy atom. The first kappa shape index (κ1) is 18.8. The minimum absolute atomic E-state index is 0.101. The Bertz CT molecular complexity index is 818. The molecule has 0 bridgehead atoms. The van der Waals surface area contributed by atoms with Gasteiger partial charge in [-0.15, -0.1) is 0 Å². The van der Waals surface area contributed by atoms with Crippen LogP contribution in [-0.2, 0) is 4.79 Å². The number of nitrogens with one attached hydrogen (secondary N) is 1. The minimum atomic E-state index is -0.101. The number of rotatable bonds is 7. The van der Waals surface area contributed by atoms with E-state index in [9.17, 15) is 4.79 Å². The summed E-state index contributed by atoms with van der Waals surface area (Å²) in [5.41, 5.74) is 2.61. The van der Waals surface area contributed by atoms with E-state index in [0.29, 0.717) is 30.2 Å². The highest BCUT2D eigenvalue weighted by atomic mass is 16.5. The molecule has 0 aliphatic carbocycles. The van der Waals surface area contributed by atoms with E-state index in [0.717, 1.165) is 11.3 Å². The number of amides is 1. The SMILES string of the molecule is CCOc1cccc2c1OCC(C(=O)NCC(C)N(C)c1ccccc1)=C2. The van der Waals surface area contributed by atoms with E-state index in [1.165, 1.54) is 0 Å². The molecule has 1 unspecified atom stereocenters. The van der Waals surface area contributed by atoms with E-state index < -0.39 is 0 Å². The fraction of sp³-hybridized carbons (Fsp3) is 0.318. The monoisotopic (exact) mass is 366 g/mol. The highest BCUT2D eigenvalue weighted by Gasteiger charge is 2.21. The molecule has 0 fully saturated rings. The van der Waals surface area contributed by atoms with Crippen LogP contribution in [-0.4, -0.2) is 38.8 Å². The molecule has 1 atom stereocenters. The summed E-state index contributed by atoms with van der Waals surface area (Å²) >= 11 is 0. The van der Waals surface area contributed by atoms with Crippen LogP contribution in [0.25, 0.3) is 6.08 Å². The second kappa shape index (κ2) is 8.62. The summed E-state index contributed by atoms with van der Waals surface area (Å²) in [6.07, 6.45) is 1.88. The maximum Gasteiger partial charge on any atom is 0.250 e. The fourth-order valence-corrected chi connectivity index (χ4v) is 2.99. The topological polar surface area (TPSA) is 50.8 Å². The van der Waals surface area contributed by atoms with Gasteiger partial charge in [-0.3, -0.25) is 4.79 Å². The van der Waals surface area contributed by atoms with Crippen molar-refractivity contribution in [1.82, 2.24) is 5.32 Å². The third-order valence-corrected chi connectivity index (χ3v) is 4.69. The molecule has 5 nitrogen and oxygen atoms in total. The van der Waals surface area contributed by atoms with Crippen LogP contribution in [0.15, 0.2) is 54.1 Å². The Morgan fingerprint density at radius 2 is 2.00 bits per heavy atom. The smallest absolute Gasteiger partial charge is 0.250 e. The normalized spacial score (nSPS) is 13.7. The minimum Gasteiger partial charge on any atom is -0.490 e. The zero-order valence-electron chi connectivity index (χ0n) is 16.1. The van der Waals surface area contributed by atoms with Crippen molar-refractivity contribution in [2.75, 3.05) is 31.7 Å². The van der Waals surface area contributed by atoms with Crippen LogP contribution in [0.4, 0.5) is 5.69 Å². The van der Waals surface area contributed by atoms with Gasteiger partial charge in [-0.2, -0.15) is 0 Å². The largest absolute Gasteiger partial charge is 0.490 e. The molecule has 1 heterocycles. The molecular formula is C22H26N2O3. The van der Waals surface area contributed by atoms with Gasteiger partial charge in [0.1, 0.15) is 6.61 Å². The first-order chi connectivity index (χ1) is 13.1. The van der Waals surface area contributed by atoms with Crippen LogP contribution in [0.1, 0.15) is 19.4 Å². The number of carbonyl (C=O) groups is 1. The van der Waals surface area contributed by atoms with E-state index in [1.807, 2.05) is 56.4 Å². The number of ether oxygens (including phenoxy) is 2. The van der Waals surface area contributed by atoms with Crippen molar-refractivity contribution in [3.05, 3.63) is 59.7 Å². The third-order valence-electron chi connectivity index (χ3n) is 4.69. The lowest BCUT2D eigenvalue weighted by molar-refractivity contribution is -0.117. The Labute approximate surface area is 160 Å². The molecule has 2 aromatic carbocycles. The molecule has 142 valence electrons. The Kier molecular flexibility index (Phi) is 6.01. The van der Waals surface area contributed by atoms with E-state index in [1.54, 1.807) is 0 Å².